The fourth-order valence-electron chi connectivity index (χ4n) is 0.663. The Morgan fingerprint density at radius 3 is 2.85 bits per heavy atom. The molecule has 0 saturated carbocycles. The summed E-state index contributed by atoms with van der Waals surface area (Å²) < 4.78 is 4.60. The predicted molar refractivity (Wildman–Crippen MR) is 46.8 cm³/mol. The lowest BCUT2D eigenvalue weighted by atomic mass is 10.3. The van der Waals surface area contributed by atoms with Crippen molar-refractivity contribution in [1.82, 2.24) is 5.32 Å². The van der Waals surface area contributed by atoms with Gasteiger partial charge in [0.1, 0.15) is 18.9 Å². The molecule has 0 fully saturated rings. The third-order valence-electron chi connectivity index (χ3n) is 1.33. The first-order valence-electron chi connectivity index (χ1n) is 3.96. The quantitative estimate of drug-likeness (QED) is 0.284. The number of aliphatic hydroxyl groups excluding tert-OH is 2. The van der Waals surface area contributed by atoms with E-state index in [9.17, 15) is 4.79 Å². The van der Waals surface area contributed by atoms with Crippen LogP contribution in [0.15, 0.2) is 12.7 Å². The molecule has 0 aromatic rings. The molecule has 5 nitrogen and oxygen atoms in total. The van der Waals surface area contributed by atoms with Crippen LogP contribution in [0.25, 0.3) is 0 Å². The van der Waals surface area contributed by atoms with Crippen molar-refractivity contribution in [2.45, 2.75) is 19.2 Å². The van der Waals surface area contributed by atoms with Crippen LogP contribution in [0.2, 0.25) is 0 Å². The second-order valence-corrected chi connectivity index (χ2v) is 2.46. The zero-order valence-corrected chi connectivity index (χ0v) is 7.56. The number of rotatable bonds is 6. The van der Waals surface area contributed by atoms with Gasteiger partial charge in [0, 0.05) is 0 Å². The first-order chi connectivity index (χ1) is 6.11. The molecule has 0 aliphatic rings. The molecule has 0 spiro atoms. The molecule has 0 bridgehead atoms. The van der Waals surface area contributed by atoms with Crippen LogP contribution in [0.4, 0.5) is 0 Å². The highest BCUT2D eigenvalue weighted by atomic mass is 16.5. The fourth-order valence-corrected chi connectivity index (χ4v) is 0.663. The van der Waals surface area contributed by atoms with E-state index < -0.39 is 18.2 Å². The summed E-state index contributed by atoms with van der Waals surface area (Å²) in [5.74, 6) is -0.519. The molecule has 0 heterocycles. The maximum atomic E-state index is 11.0. The Hall–Kier alpha value is -0.910. The first-order valence-corrected chi connectivity index (χ1v) is 3.96. The molecule has 76 valence electrons. The van der Waals surface area contributed by atoms with Gasteiger partial charge in [0.25, 0.3) is 0 Å². The van der Waals surface area contributed by atoms with Gasteiger partial charge in [-0.2, -0.15) is 0 Å². The highest BCUT2D eigenvalue weighted by Crippen LogP contribution is 1.90. The molecule has 0 rings (SSSR count). The van der Waals surface area contributed by atoms with Gasteiger partial charge in [-0.3, -0.25) is 10.1 Å². The van der Waals surface area contributed by atoms with E-state index in [0.29, 0.717) is 0 Å². The maximum absolute atomic E-state index is 11.0. The van der Waals surface area contributed by atoms with Gasteiger partial charge in [0.05, 0.1) is 6.61 Å². The van der Waals surface area contributed by atoms with Crippen molar-refractivity contribution in [1.29, 1.82) is 0 Å². The van der Waals surface area contributed by atoms with Crippen LogP contribution >= 0.6 is 0 Å². The minimum Gasteiger partial charge on any atom is -0.462 e. The van der Waals surface area contributed by atoms with Crippen LogP contribution in [-0.4, -0.2) is 41.7 Å². The second kappa shape index (κ2) is 6.59. The van der Waals surface area contributed by atoms with Crippen LogP contribution in [0.3, 0.4) is 0 Å². The van der Waals surface area contributed by atoms with Gasteiger partial charge in [-0.15, -0.1) is 0 Å². The normalized spacial score (nSPS) is 14.7. The Morgan fingerprint density at radius 1 is 1.77 bits per heavy atom. The average molecular weight is 189 g/mol. The summed E-state index contributed by atoms with van der Waals surface area (Å²) in [6, 6.07) is -0.625. The smallest absolute Gasteiger partial charge is 0.323 e. The first kappa shape index (κ1) is 12.1. The van der Waals surface area contributed by atoms with E-state index >= 15 is 0 Å². The number of hydrogen-bond acceptors (Lipinski definition) is 5. The van der Waals surface area contributed by atoms with Crippen LogP contribution in [-0.2, 0) is 9.53 Å². The SMILES string of the molecule is C=CC(O)N[C@@H](C)C(=O)OCCO. The van der Waals surface area contributed by atoms with E-state index in [2.05, 4.69) is 16.6 Å². The molecular weight excluding hydrogens is 174 g/mol. The molecule has 2 atom stereocenters. The summed E-state index contributed by atoms with van der Waals surface area (Å²) >= 11 is 0. The average Bonchev–Trinajstić information content (AvgIpc) is 2.13. The standard InChI is InChI=1S/C8H15NO4/c1-3-7(11)9-6(2)8(12)13-5-4-10/h3,6-7,9-11H,1,4-5H2,2H3/t6-,7?/m0/s1. The Bertz CT molecular complexity index is 172. The lowest BCUT2D eigenvalue weighted by Crippen LogP contribution is -2.41. The van der Waals surface area contributed by atoms with E-state index in [4.69, 9.17) is 10.2 Å². The zero-order chi connectivity index (χ0) is 10.3. The van der Waals surface area contributed by atoms with Gasteiger partial charge in [-0.05, 0) is 13.0 Å². The van der Waals surface area contributed by atoms with Gasteiger partial charge in [-0.1, -0.05) is 6.58 Å². The summed E-state index contributed by atoms with van der Waals surface area (Å²) in [5.41, 5.74) is 0. The molecule has 0 aliphatic heterocycles. The molecule has 5 heteroatoms. The van der Waals surface area contributed by atoms with Crippen molar-refractivity contribution in [2.75, 3.05) is 13.2 Å². The number of esters is 1. The minimum absolute atomic E-state index is 0.0327. The Morgan fingerprint density at radius 2 is 2.38 bits per heavy atom. The summed E-state index contributed by atoms with van der Waals surface area (Å²) in [6.07, 6.45) is 0.326. The number of aliphatic hydroxyl groups is 2. The summed E-state index contributed by atoms with van der Waals surface area (Å²) in [7, 11) is 0. The molecule has 3 N–H and O–H groups in total. The molecule has 0 saturated heterocycles. The number of carbonyl (C=O) groups is 1. The Balaban J connectivity index is 3.74. The highest BCUT2D eigenvalue weighted by Gasteiger charge is 2.15. The van der Waals surface area contributed by atoms with Crippen LogP contribution < -0.4 is 5.32 Å². The van der Waals surface area contributed by atoms with E-state index in [1.165, 1.54) is 6.08 Å². The lowest BCUT2D eigenvalue weighted by molar-refractivity contribution is -0.147. The second-order valence-electron chi connectivity index (χ2n) is 2.46. The largest absolute Gasteiger partial charge is 0.462 e. The van der Waals surface area contributed by atoms with Crippen molar-refractivity contribution >= 4 is 5.97 Å². The number of nitrogens with one attached hydrogen (secondary N) is 1. The van der Waals surface area contributed by atoms with Gasteiger partial charge in [0.15, 0.2) is 0 Å². The van der Waals surface area contributed by atoms with E-state index in [1.54, 1.807) is 6.92 Å². The Labute approximate surface area is 77.0 Å². The predicted octanol–water partition coefficient (Wildman–Crippen LogP) is -0.996. The molecule has 0 aliphatic carbocycles. The molecule has 0 amide bonds. The van der Waals surface area contributed by atoms with Gasteiger partial charge >= 0.3 is 5.97 Å². The Kier molecular flexibility index (Phi) is 6.13. The van der Waals surface area contributed by atoms with Crippen molar-refractivity contribution in [3.8, 4) is 0 Å². The monoisotopic (exact) mass is 189 g/mol. The molecule has 0 radical (unpaired) electrons. The molecule has 0 aromatic carbocycles. The summed E-state index contributed by atoms with van der Waals surface area (Å²) in [4.78, 5) is 11.0. The van der Waals surface area contributed by atoms with E-state index in [-0.39, 0.29) is 13.2 Å². The number of hydrogen-bond donors (Lipinski definition) is 3. The molecular formula is C8H15NO4. The molecule has 13 heavy (non-hydrogen) atoms. The van der Waals surface area contributed by atoms with E-state index in [1.807, 2.05) is 0 Å². The van der Waals surface area contributed by atoms with Crippen LogP contribution in [0.1, 0.15) is 6.92 Å². The third-order valence-corrected chi connectivity index (χ3v) is 1.33. The van der Waals surface area contributed by atoms with Crippen LogP contribution in [0, 0.1) is 0 Å². The summed E-state index contributed by atoms with van der Waals surface area (Å²) in [6.45, 7) is 4.64. The fraction of sp³-hybridized carbons (Fsp3) is 0.625. The number of ether oxygens (including phenoxy) is 1. The van der Waals surface area contributed by atoms with E-state index in [0.717, 1.165) is 0 Å². The summed E-state index contributed by atoms with van der Waals surface area (Å²) in [5, 5.41) is 19.9. The van der Waals surface area contributed by atoms with Crippen molar-refractivity contribution < 1.29 is 19.7 Å². The topological polar surface area (TPSA) is 78.8 Å². The van der Waals surface area contributed by atoms with Gasteiger partial charge in [-0.25, -0.2) is 0 Å². The van der Waals surface area contributed by atoms with Crippen molar-refractivity contribution in [3.63, 3.8) is 0 Å². The molecule has 1 unspecified atom stereocenters. The lowest BCUT2D eigenvalue weighted by Gasteiger charge is -2.14. The number of carbonyl (C=O) groups excluding carboxylic acids is 1. The highest BCUT2D eigenvalue weighted by molar-refractivity contribution is 5.75. The minimum atomic E-state index is -0.934. The molecule has 0 aromatic heterocycles. The third kappa shape index (κ3) is 5.35. The van der Waals surface area contributed by atoms with Gasteiger partial charge in [0.2, 0.25) is 0 Å². The van der Waals surface area contributed by atoms with Crippen molar-refractivity contribution in [2.24, 2.45) is 0 Å². The maximum Gasteiger partial charge on any atom is 0.323 e. The van der Waals surface area contributed by atoms with Gasteiger partial charge < -0.3 is 14.9 Å². The zero-order valence-electron chi connectivity index (χ0n) is 7.56. The van der Waals surface area contributed by atoms with Crippen molar-refractivity contribution in [3.05, 3.63) is 12.7 Å². The van der Waals surface area contributed by atoms with Crippen LogP contribution in [0.5, 0.6) is 0 Å².